The van der Waals surface area contributed by atoms with Crippen molar-refractivity contribution in [3.63, 3.8) is 0 Å². The molecule has 1 aliphatic heterocycles. The van der Waals surface area contributed by atoms with Gasteiger partial charge < -0.3 is 15.1 Å². The summed E-state index contributed by atoms with van der Waals surface area (Å²) in [7, 11) is 0. The maximum Gasteiger partial charge on any atom is 0.230 e. The van der Waals surface area contributed by atoms with Gasteiger partial charge >= 0.3 is 0 Å². The Morgan fingerprint density at radius 2 is 2.00 bits per heavy atom. The minimum absolute atomic E-state index is 0.0265. The summed E-state index contributed by atoms with van der Waals surface area (Å²) in [6.07, 6.45) is 1.49. The summed E-state index contributed by atoms with van der Waals surface area (Å²) in [5.74, 6) is 1.70. The standard InChI is InChI=1S/C22H36ClN5O2S/c1-15(2)7-8-24-19(29)14-31-21-25-17(23)11-18(26-21)27-9-10-28(16(3)13-27)20(30)12-22(4,5)6/h11,15-16H,7-10,12-14H2,1-6H3,(H,24,29). The largest absolute Gasteiger partial charge is 0.355 e. The van der Waals surface area contributed by atoms with E-state index >= 15 is 0 Å². The van der Waals surface area contributed by atoms with Crippen molar-refractivity contribution in [2.45, 2.75) is 65.6 Å². The molecule has 1 atom stereocenters. The zero-order valence-corrected chi connectivity index (χ0v) is 21.1. The molecular formula is C22H36ClN5O2S. The fraction of sp³-hybridized carbons (Fsp3) is 0.727. The van der Waals surface area contributed by atoms with E-state index in [9.17, 15) is 9.59 Å². The van der Waals surface area contributed by atoms with Crippen LogP contribution in [0.25, 0.3) is 0 Å². The number of thioether (sulfide) groups is 1. The molecule has 174 valence electrons. The maximum absolute atomic E-state index is 12.7. The summed E-state index contributed by atoms with van der Waals surface area (Å²) in [6.45, 7) is 15.3. The van der Waals surface area contributed by atoms with Gasteiger partial charge in [0.05, 0.1) is 5.75 Å². The minimum atomic E-state index is -0.0321. The molecule has 0 radical (unpaired) electrons. The Morgan fingerprint density at radius 3 is 2.61 bits per heavy atom. The first-order valence-corrected chi connectivity index (χ1v) is 12.3. The van der Waals surface area contributed by atoms with Gasteiger partial charge in [0, 0.05) is 44.7 Å². The zero-order chi connectivity index (χ0) is 23.2. The van der Waals surface area contributed by atoms with Crippen LogP contribution < -0.4 is 10.2 Å². The molecule has 1 unspecified atom stereocenters. The highest BCUT2D eigenvalue weighted by Gasteiger charge is 2.30. The number of aromatic nitrogens is 2. The predicted octanol–water partition coefficient (Wildman–Crippen LogP) is 3.86. The van der Waals surface area contributed by atoms with Crippen molar-refractivity contribution in [2.75, 3.05) is 36.8 Å². The Bertz CT molecular complexity index is 769. The Labute approximate surface area is 195 Å². The van der Waals surface area contributed by atoms with Gasteiger partial charge in [-0.25, -0.2) is 9.97 Å². The SMILES string of the molecule is CC(C)CCNC(=O)CSc1nc(Cl)cc(N2CCN(C(=O)CC(C)(C)C)C(C)C2)n1. The number of hydrogen-bond donors (Lipinski definition) is 1. The van der Waals surface area contributed by atoms with E-state index in [-0.39, 0.29) is 29.0 Å². The van der Waals surface area contributed by atoms with Crippen molar-refractivity contribution >= 4 is 41.0 Å². The van der Waals surface area contributed by atoms with Crippen LogP contribution in [0, 0.1) is 11.3 Å². The average Bonchev–Trinajstić information content (AvgIpc) is 2.64. The lowest BCUT2D eigenvalue weighted by atomic mass is 9.91. The molecule has 1 aromatic heterocycles. The van der Waals surface area contributed by atoms with E-state index in [0.717, 1.165) is 12.2 Å². The molecule has 1 aromatic rings. The topological polar surface area (TPSA) is 78.4 Å². The second kappa shape index (κ2) is 11.4. The van der Waals surface area contributed by atoms with Crippen LogP contribution in [0.3, 0.4) is 0 Å². The van der Waals surface area contributed by atoms with E-state index in [1.807, 2.05) is 4.90 Å². The molecule has 9 heteroatoms. The van der Waals surface area contributed by atoms with E-state index in [1.165, 1.54) is 11.8 Å². The number of nitrogens with zero attached hydrogens (tertiary/aromatic N) is 4. The number of amides is 2. The fourth-order valence-electron chi connectivity index (χ4n) is 3.38. The molecule has 1 aliphatic rings. The number of anilines is 1. The average molecular weight is 470 g/mol. The highest BCUT2D eigenvalue weighted by molar-refractivity contribution is 7.99. The van der Waals surface area contributed by atoms with Crippen LogP contribution in [0.1, 0.15) is 54.4 Å². The number of halogens is 1. The number of carbonyl (C=O) groups is 2. The molecule has 1 fully saturated rings. The van der Waals surface area contributed by atoms with Gasteiger partial charge in [0.1, 0.15) is 11.0 Å². The molecule has 1 saturated heterocycles. The minimum Gasteiger partial charge on any atom is -0.355 e. The van der Waals surface area contributed by atoms with Crippen LogP contribution in [-0.2, 0) is 9.59 Å². The smallest absolute Gasteiger partial charge is 0.230 e. The summed E-state index contributed by atoms with van der Waals surface area (Å²) in [4.78, 5) is 37.7. The number of rotatable bonds is 8. The van der Waals surface area contributed by atoms with E-state index in [4.69, 9.17) is 11.6 Å². The molecule has 2 rings (SSSR count). The second-order valence-corrected chi connectivity index (χ2v) is 11.1. The molecule has 2 heterocycles. The van der Waals surface area contributed by atoms with Crippen LogP contribution in [0.5, 0.6) is 0 Å². The van der Waals surface area contributed by atoms with E-state index < -0.39 is 0 Å². The first-order valence-electron chi connectivity index (χ1n) is 10.9. The lowest BCUT2D eigenvalue weighted by Crippen LogP contribution is -2.54. The van der Waals surface area contributed by atoms with Crippen molar-refractivity contribution in [1.82, 2.24) is 20.2 Å². The second-order valence-electron chi connectivity index (χ2n) is 9.77. The summed E-state index contributed by atoms with van der Waals surface area (Å²) in [5.41, 5.74) is -0.0265. The fourth-order valence-corrected chi connectivity index (χ4v) is 4.30. The molecule has 0 aromatic carbocycles. The molecule has 31 heavy (non-hydrogen) atoms. The summed E-state index contributed by atoms with van der Waals surface area (Å²) in [6, 6.07) is 1.83. The predicted molar refractivity (Wildman–Crippen MR) is 128 cm³/mol. The molecule has 0 aliphatic carbocycles. The Hall–Kier alpha value is -1.54. The van der Waals surface area contributed by atoms with Gasteiger partial charge in [-0.1, -0.05) is 58.0 Å². The summed E-state index contributed by atoms with van der Waals surface area (Å²) in [5, 5.41) is 3.76. The van der Waals surface area contributed by atoms with Crippen molar-refractivity contribution < 1.29 is 9.59 Å². The highest BCUT2D eigenvalue weighted by atomic mass is 35.5. The van der Waals surface area contributed by atoms with Gasteiger partial charge in [0.2, 0.25) is 11.8 Å². The highest BCUT2D eigenvalue weighted by Crippen LogP contribution is 2.26. The van der Waals surface area contributed by atoms with E-state index in [1.54, 1.807) is 6.07 Å². The number of carbonyl (C=O) groups excluding carboxylic acids is 2. The molecular weight excluding hydrogens is 434 g/mol. The molecule has 1 N–H and O–H groups in total. The van der Waals surface area contributed by atoms with Gasteiger partial charge in [-0.05, 0) is 24.7 Å². The lowest BCUT2D eigenvalue weighted by molar-refractivity contribution is -0.135. The van der Waals surface area contributed by atoms with E-state index in [0.29, 0.717) is 48.8 Å². The van der Waals surface area contributed by atoms with Crippen molar-refractivity contribution in [3.05, 3.63) is 11.2 Å². The first kappa shape index (κ1) is 25.7. The maximum atomic E-state index is 12.7. The molecule has 0 saturated carbocycles. The number of hydrogen-bond acceptors (Lipinski definition) is 6. The molecule has 0 spiro atoms. The monoisotopic (exact) mass is 469 g/mol. The van der Waals surface area contributed by atoms with Gasteiger partial charge in [-0.3, -0.25) is 9.59 Å². The zero-order valence-electron chi connectivity index (χ0n) is 19.6. The molecule has 0 bridgehead atoms. The van der Waals surface area contributed by atoms with Crippen molar-refractivity contribution in [1.29, 1.82) is 0 Å². The number of nitrogens with one attached hydrogen (secondary N) is 1. The Balaban J connectivity index is 1.94. The third-order valence-electron chi connectivity index (χ3n) is 4.99. The van der Waals surface area contributed by atoms with Crippen LogP contribution in [0.15, 0.2) is 11.2 Å². The normalized spacial score (nSPS) is 17.2. The van der Waals surface area contributed by atoms with Gasteiger partial charge in [0.25, 0.3) is 0 Å². The van der Waals surface area contributed by atoms with Gasteiger partial charge in [-0.15, -0.1) is 0 Å². The van der Waals surface area contributed by atoms with Crippen LogP contribution in [0.4, 0.5) is 5.82 Å². The van der Waals surface area contributed by atoms with Crippen LogP contribution in [0.2, 0.25) is 5.15 Å². The molecule has 7 nitrogen and oxygen atoms in total. The van der Waals surface area contributed by atoms with E-state index in [2.05, 4.69) is 61.7 Å². The van der Waals surface area contributed by atoms with Gasteiger partial charge in [-0.2, -0.15) is 0 Å². The number of piperazine rings is 1. The summed E-state index contributed by atoms with van der Waals surface area (Å²) < 4.78 is 0. The van der Waals surface area contributed by atoms with Crippen molar-refractivity contribution in [3.8, 4) is 0 Å². The molecule has 2 amide bonds. The Kier molecular flexibility index (Phi) is 9.43. The Morgan fingerprint density at radius 1 is 1.29 bits per heavy atom. The first-order chi connectivity index (χ1) is 14.4. The van der Waals surface area contributed by atoms with Crippen LogP contribution >= 0.6 is 23.4 Å². The quantitative estimate of drug-likeness (QED) is 0.354. The van der Waals surface area contributed by atoms with Gasteiger partial charge in [0.15, 0.2) is 5.16 Å². The van der Waals surface area contributed by atoms with Crippen LogP contribution in [-0.4, -0.2) is 64.7 Å². The third-order valence-corrected chi connectivity index (χ3v) is 6.03. The lowest BCUT2D eigenvalue weighted by Gasteiger charge is -2.41. The van der Waals surface area contributed by atoms with Crippen molar-refractivity contribution in [2.24, 2.45) is 11.3 Å². The summed E-state index contributed by atoms with van der Waals surface area (Å²) >= 11 is 7.52. The third kappa shape index (κ3) is 8.85.